The molecule has 0 unspecified atom stereocenters. The average Bonchev–Trinajstić information content (AvgIpc) is 3.72. The van der Waals surface area contributed by atoms with Crippen molar-refractivity contribution in [3.63, 3.8) is 0 Å². The third-order valence-corrected chi connectivity index (χ3v) is 5.77. The van der Waals surface area contributed by atoms with Gasteiger partial charge in [0.15, 0.2) is 17.3 Å². The fraction of sp³-hybridized carbons (Fsp3) is 0.364. The summed E-state index contributed by atoms with van der Waals surface area (Å²) in [6.07, 6.45) is 2.94. The Morgan fingerprint density at radius 3 is 2.73 bits per heavy atom. The zero-order valence-electron chi connectivity index (χ0n) is 20.7. The Morgan fingerprint density at radius 1 is 1.24 bits per heavy atom. The van der Waals surface area contributed by atoms with Gasteiger partial charge >= 0.3 is 0 Å². The van der Waals surface area contributed by atoms with Gasteiger partial charge in [0.05, 0.1) is 24.0 Å². The number of nitrogens with zero attached hydrogens (tertiary/aromatic N) is 3. The Balaban J connectivity index is 1.50. The van der Waals surface area contributed by atoms with E-state index in [4.69, 9.17) is 8.85 Å². The molecule has 0 bridgehead atoms. The normalized spacial score (nSPS) is 19.5. The number of carbonyl (C=O) groups is 3. The fourth-order valence-electron chi connectivity index (χ4n) is 3.64. The van der Waals surface area contributed by atoms with Gasteiger partial charge in [-0.15, -0.1) is 10.2 Å². The predicted octanol–water partition coefficient (Wildman–Crippen LogP) is 1.35. The number of aliphatic imine (C=N–C) groups is 1. The molecule has 2 heterocycles. The van der Waals surface area contributed by atoms with Crippen LogP contribution < -0.4 is 26.0 Å². The van der Waals surface area contributed by atoms with Crippen LogP contribution in [0.5, 0.6) is 5.75 Å². The highest BCUT2D eigenvalue weighted by Gasteiger charge is 2.54. The van der Waals surface area contributed by atoms with E-state index < -0.39 is 18.4 Å². The molecule has 170 valence electrons. The van der Waals surface area contributed by atoms with Crippen LogP contribution in [0.4, 0.5) is 17.2 Å². The van der Waals surface area contributed by atoms with E-state index in [2.05, 4.69) is 31.1 Å². The first-order valence-electron chi connectivity index (χ1n) is 12.0. The molecule has 1 spiro atoms. The smallest absolute Gasteiger partial charge is 0.273 e. The second-order valence-electron chi connectivity index (χ2n) is 8.17. The highest BCUT2D eigenvalue weighted by Crippen LogP contribution is 2.44. The molecule has 1 aliphatic heterocycles. The summed E-state index contributed by atoms with van der Waals surface area (Å²) < 4.78 is 27.6. The summed E-state index contributed by atoms with van der Waals surface area (Å²) in [5.74, 6) is -0.633. The number of hydrogen-bond acceptors (Lipinski definition) is 8. The summed E-state index contributed by atoms with van der Waals surface area (Å²) in [7, 11) is 1.45. The van der Waals surface area contributed by atoms with Crippen LogP contribution in [0.25, 0.3) is 0 Å². The van der Waals surface area contributed by atoms with Gasteiger partial charge in [0.25, 0.3) is 11.8 Å². The first-order valence-corrected chi connectivity index (χ1v) is 10.5. The molecule has 11 nitrogen and oxygen atoms in total. The maximum atomic E-state index is 12.7. The van der Waals surface area contributed by atoms with Crippen molar-refractivity contribution in [2.75, 3.05) is 24.7 Å². The maximum absolute atomic E-state index is 12.7. The highest BCUT2D eigenvalue weighted by atomic mass is 16.5. The summed E-state index contributed by atoms with van der Waals surface area (Å²) in [5.41, 5.74) is 0.000798. The van der Waals surface area contributed by atoms with Gasteiger partial charge in [0.2, 0.25) is 5.91 Å². The molecule has 11 heteroatoms. The van der Waals surface area contributed by atoms with Crippen molar-refractivity contribution in [2.45, 2.75) is 31.2 Å². The van der Waals surface area contributed by atoms with Crippen LogP contribution in [0, 0.1) is 5.92 Å². The van der Waals surface area contributed by atoms with Crippen molar-refractivity contribution >= 4 is 40.7 Å². The molecule has 3 amide bonds. The number of benzene rings is 1. The lowest BCUT2D eigenvalue weighted by molar-refractivity contribution is -0.121. The number of ether oxygens (including phenoxy) is 1. The van der Waals surface area contributed by atoms with Crippen LogP contribution in [-0.2, 0) is 9.59 Å². The van der Waals surface area contributed by atoms with Gasteiger partial charge in [0.1, 0.15) is 11.4 Å². The van der Waals surface area contributed by atoms with E-state index >= 15 is 0 Å². The third-order valence-electron chi connectivity index (χ3n) is 5.77. The molecule has 1 aromatic carbocycles. The van der Waals surface area contributed by atoms with Gasteiger partial charge in [-0.25, -0.2) is 0 Å². The minimum atomic E-state index is -2.75. The topological polar surface area (TPSA) is 147 Å². The molecule has 0 saturated heterocycles. The van der Waals surface area contributed by atoms with E-state index in [1.165, 1.54) is 13.2 Å². The van der Waals surface area contributed by atoms with Gasteiger partial charge in [0, 0.05) is 23.1 Å². The van der Waals surface area contributed by atoms with Crippen molar-refractivity contribution in [3.8, 4) is 5.75 Å². The Hall–Kier alpha value is -4.02. The van der Waals surface area contributed by atoms with E-state index in [-0.39, 0.29) is 34.9 Å². The SMILES string of the molecule is [2H]C([2H])([2H])NC(=O)c1nnc(NC(=O)C2CC2)cc1Nc1cccc(C2=NC3(CC3)C(=O)N2)c1OC. The van der Waals surface area contributed by atoms with Crippen molar-refractivity contribution in [3.05, 3.63) is 35.5 Å². The molecule has 2 aliphatic carbocycles. The standard InChI is InChI=1S/C22H23N7O4/c1-23-20(31)16-14(10-15(28-29-16)25-19(30)11-6-7-11)24-13-5-3-4-12(17(13)33-2)18-26-21(32)22(27-18)8-9-22/h3-5,10-11H,6-9H2,1-2H3,(H,23,31)(H,26,27,32)(H2,24,25,28,30)/i1D3. The number of methoxy groups -OCH3 is 1. The Bertz CT molecular complexity index is 1300. The summed E-state index contributed by atoms with van der Waals surface area (Å²) in [4.78, 5) is 41.7. The van der Waals surface area contributed by atoms with Crippen LogP contribution in [0.3, 0.4) is 0 Å². The average molecular weight is 452 g/mol. The summed E-state index contributed by atoms with van der Waals surface area (Å²) in [6.45, 7) is -2.75. The molecule has 33 heavy (non-hydrogen) atoms. The second-order valence-corrected chi connectivity index (χ2v) is 8.17. The number of amidine groups is 1. The Labute approximate surface area is 193 Å². The zero-order chi connectivity index (χ0) is 25.7. The predicted molar refractivity (Wildman–Crippen MR) is 120 cm³/mol. The molecule has 4 N–H and O–H groups in total. The van der Waals surface area contributed by atoms with Crippen LogP contribution in [0.15, 0.2) is 29.3 Å². The number of hydrogen-bond donors (Lipinski definition) is 4. The van der Waals surface area contributed by atoms with Gasteiger partial charge in [-0.1, -0.05) is 6.07 Å². The number of para-hydroxylation sites is 1. The van der Waals surface area contributed by atoms with E-state index in [9.17, 15) is 14.4 Å². The van der Waals surface area contributed by atoms with Crippen molar-refractivity contribution in [1.29, 1.82) is 0 Å². The lowest BCUT2D eigenvalue weighted by Gasteiger charge is -2.17. The maximum Gasteiger partial charge on any atom is 0.273 e. The molecule has 0 atom stereocenters. The van der Waals surface area contributed by atoms with Crippen molar-refractivity contribution in [2.24, 2.45) is 10.9 Å². The van der Waals surface area contributed by atoms with Crippen LogP contribution >= 0.6 is 0 Å². The van der Waals surface area contributed by atoms with Gasteiger partial charge in [-0.05, 0) is 37.8 Å². The summed E-state index contributed by atoms with van der Waals surface area (Å²) in [6, 6.07) is 6.50. The largest absolute Gasteiger partial charge is 0.494 e. The minimum absolute atomic E-state index is 0.0873. The first-order chi connectivity index (χ1) is 17.1. The number of rotatable bonds is 7. The number of aromatic nitrogens is 2. The minimum Gasteiger partial charge on any atom is -0.494 e. The number of nitrogens with one attached hydrogen (secondary N) is 4. The quantitative estimate of drug-likeness (QED) is 0.496. The molecule has 2 aromatic rings. The second kappa shape index (κ2) is 7.84. The van der Waals surface area contributed by atoms with Crippen LogP contribution in [0.1, 0.15) is 45.8 Å². The number of anilines is 3. The molecule has 1 aromatic heterocycles. The number of carbonyl (C=O) groups excluding carboxylic acids is 3. The van der Waals surface area contributed by atoms with E-state index in [0.29, 0.717) is 35.7 Å². The van der Waals surface area contributed by atoms with E-state index in [1.54, 1.807) is 18.2 Å². The zero-order valence-corrected chi connectivity index (χ0v) is 17.7. The number of amides is 3. The molecule has 3 aliphatic rings. The molecule has 2 saturated carbocycles. The van der Waals surface area contributed by atoms with Gasteiger partial charge in [-0.2, -0.15) is 0 Å². The van der Waals surface area contributed by atoms with E-state index in [1.807, 2.05) is 5.32 Å². The summed E-state index contributed by atoms with van der Waals surface area (Å²) in [5, 5.41) is 18.1. The van der Waals surface area contributed by atoms with Gasteiger partial charge < -0.3 is 26.0 Å². The Kier molecular flexibility index (Phi) is 4.16. The van der Waals surface area contributed by atoms with Crippen molar-refractivity contribution in [1.82, 2.24) is 20.8 Å². The Morgan fingerprint density at radius 2 is 2.06 bits per heavy atom. The monoisotopic (exact) mass is 452 g/mol. The first kappa shape index (κ1) is 17.5. The third kappa shape index (κ3) is 3.86. The molecule has 5 rings (SSSR count). The molecular weight excluding hydrogens is 426 g/mol. The highest BCUT2D eigenvalue weighted by molar-refractivity contribution is 6.18. The molecule has 0 radical (unpaired) electrons. The lowest BCUT2D eigenvalue weighted by atomic mass is 10.1. The van der Waals surface area contributed by atoms with Crippen LogP contribution in [-0.4, -0.2) is 53.4 Å². The molecular formula is C22H23N7O4. The molecule has 2 fully saturated rings. The summed E-state index contributed by atoms with van der Waals surface area (Å²) >= 11 is 0. The van der Waals surface area contributed by atoms with Crippen molar-refractivity contribution < 1.29 is 23.2 Å². The van der Waals surface area contributed by atoms with E-state index in [0.717, 1.165) is 12.8 Å². The fourth-order valence-corrected chi connectivity index (χ4v) is 3.64. The van der Waals surface area contributed by atoms with Crippen LogP contribution in [0.2, 0.25) is 0 Å². The van der Waals surface area contributed by atoms with Gasteiger partial charge in [-0.3, -0.25) is 19.4 Å². The lowest BCUT2D eigenvalue weighted by Crippen LogP contribution is -2.30.